The summed E-state index contributed by atoms with van der Waals surface area (Å²) in [5.74, 6) is 0. The van der Waals surface area contributed by atoms with Gasteiger partial charge in [-0.1, -0.05) is 18.2 Å². The summed E-state index contributed by atoms with van der Waals surface area (Å²) in [5, 5.41) is 0. The van der Waals surface area contributed by atoms with Crippen molar-refractivity contribution in [1.29, 1.82) is 0 Å². The number of anilines is 1. The average Bonchev–Trinajstić information content (AvgIpc) is 2.23. The molecule has 2 N–H and O–H groups in total. The summed E-state index contributed by atoms with van der Waals surface area (Å²) in [7, 11) is 0. The SMILES string of the molecule is Nc1ccccc1-c1ccnc(Br)c1Br. The molecular formula is C11H8Br2N2. The zero-order chi connectivity index (χ0) is 10.8. The number of benzene rings is 1. The van der Waals surface area contributed by atoms with E-state index in [1.807, 2.05) is 30.3 Å². The number of nitrogen functional groups attached to an aromatic ring is 1. The molecule has 0 fully saturated rings. The van der Waals surface area contributed by atoms with Crippen LogP contribution in [0.25, 0.3) is 11.1 Å². The van der Waals surface area contributed by atoms with Crippen molar-refractivity contribution < 1.29 is 0 Å². The van der Waals surface area contributed by atoms with Crippen molar-refractivity contribution in [2.24, 2.45) is 0 Å². The molecule has 0 unspecified atom stereocenters. The van der Waals surface area contributed by atoms with Gasteiger partial charge in [0.1, 0.15) is 4.60 Å². The van der Waals surface area contributed by atoms with E-state index in [9.17, 15) is 0 Å². The predicted octanol–water partition coefficient (Wildman–Crippen LogP) is 3.86. The summed E-state index contributed by atoms with van der Waals surface area (Å²) in [6, 6.07) is 9.69. The van der Waals surface area contributed by atoms with E-state index in [-0.39, 0.29) is 0 Å². The molecule has 2 rings (SSSR count). The van der Waals surface area contributed by atoms with Gasteiger partial charge in [0.15, 0.2) is 0 Å². The van der Waals surface area contributed by atoms with Crippen LogP contribution in [0.5, 0.6) is 0 Å². The lowest BCUT2D eigenvalue weighted by Crippen LogP contribution is -1.91. The van der Waals surface area contributed by atoms with Crippen LogP contribution < -0.4 is 5.73 Å². The highest BCUT2D eigenvalue weighted by Gasteiger charge is 2.08. The van der Waals surface area contributed by atoms with Crippen molar-refractivity contribution in [3.8, 4) is 11.1 Å². The molecule has 15 heavy (non-hydrogen) atoms. The quantitative estimate of drug-likeness (QED) is 0.638. The second-order valence-corrected chi connectivity index (χ2v) is 4.59. The highest BCUT2D eigenvalue weighted by molar-refractivity contribution is 9.13. The summed E-state index contributed by atoms with van der Waals surface area (Å²) in [4.78, 5) is 4.12. The number of nitrogens with zero attached hydrogens (tertiary/aromatic N) is 1. The van der Waals surface area contributed by atoms with Gasteiger partial charge >= 0.3 is 0 Å². The Morgan fingerprint density at radius 3 is 2.47 bits per heavy atom. The molecule has 0 atom stereocenters. The molecule has 2 aromatic rings. The zero-order valence-electron chi connectivity index (χ0n) is 7.74. The fraction of sp³-hybridized carbons (Fsp3) is 0. The molecule has 0 radical (unpaired) electrons. The van der Waals surface area contributed by atoms with E-state index in [4.69, 9.17) is 5.73 Å². The molecule has 0 aliphatic carbocycles. The van der Waals surface area contributed by atoms with Gasteiger partial charge in [-0.15, -0.1) is 0 Å². The first kappa shape index (κ1) is 10.6. The number of rotatable bonds is 1. The number of hydrogen-bond acceptors (Lipinski definition) is 2. The van der Waals surface area contributed by atoms with E-state index in [1.54, 1.807) is 6.20 Å². The Labute approximate surface area is 105 Å². The molecular weight excluding hydrogens is 320 g/mol. The van der Waals surface area contributed by atoms with E-state index >= 15 is 0 Å². The van der Waals surface area contributed by atoms with Crippen LogP contribution in [0.2, 0.25) is 0 Å². The first-order valence-corrected chi connectivity index (χ1v) is 5.93. The molecule has 1 aromatic heterocycles. The summed E-state index contributed by atoms with van der Waals surface area (Å²) in [6.45, 7) is 0. The fourth-order valence-electron chi connectivity index (χ4n) is 1.37. The number of para-hydroxylation sites is 1. The summed E-state index contributed by atoms with van der Waals surface area (Å²) in [5.41, 5.74) is 8.72. The molecule has 4 heteroatoms. The minimum Gasteiger partial charge on any atom is -0.398 e. The summed E-state index contributed by atoms with van der Waals surface area (Å²) < 4.78 is 1.70. The van der Waals surface area contributed by atoms with Crippen LogP contribution in [0.4, 0.5) is 5.69 Å². The van der Waals surface area contributed by atoms with Crippen LogP contribution in [0.1, 0.15) is 0 Å². The Kier molecular flexibility index (Phi) is 3.07. The maximum absolute atomic E-state index is 5.91. The van der Waals surface area contributed by atoms with Gasteiger partial charge in [-0.2, -0.15) is 0 Å². The average molecular weight is 328 g/mol. The standard InChI is InChI=1S/C11H8Br2N2/c12-10-8(5-6-15-11(10)13)7-3-1-2-4-9(7)14/h1-6H,14H2. The van der Waals surface area contributed by atoms with Gasteiger partial charge in [0, 0.05) is 23.0 Å². The van der Waals surface area contributed by atoms with E-state index in [1.165, 1.54) is 0 Å². The van der Waals surface area contributed by atoms with Crippen LogP contribution in [-0.4, -0.2) is 4.98 Å². The second-order valence-electron chi connectivity index (χ2n) is 3.05. The Morgan fingerprint density at radius 2 is 1.73 bits per heavy atom. The van der Waals surface area contributed by atoms with Gasteiger partial charge < -0.3 is 5.73 Å². The van der Waals surface area contributed by atoms with Crippen LogP contribution >= 0.6 is 31.9 Å². The van der Waals surface area contributed by atoms with Gasteiger partial charge in [0.05, 0.1) is 4.47 Å². The smallest absolute Gasteiger partial charge is 0.120 e. The van der Waals surface area contributed by atoms with Gasteiger partial charge in [0.2, 0.25) is 0 Å². The molecule has 0 bridgehead atoms. The number of halogens is 2. The Balaban J connectivity index is 2.65. The molecule has 0 spiro atoms. The highest BCUT2D eigenvalue weighted by atomic mass is 79.9. The van der Waals surface area contributed by atoms with Crippen molar-refractivity contribution in [1.82, 2.24) is 4.98 Å². The molecule has 1 heterocycles. The zero-order valence-corrected chi connectivity index (χ0v) is 10.9. The first-order chi connectivity index (χ1) is 7.20. The van der Waals surface area contributed by atoms with Crippen LogP contribution in [0, 0.1) is 0 Å². The van der Waals surface area contributed by atoms with Crippen molar-refractivity contribution in [3.05, 3.63) is 45.6 Å². The molecule has 0 saturated carbocycles. The van der Waals surface area contributed by atoms with Crippen molar-refractivity contribution in [2.45, 2.75) is 0 Å². The highest BCUT2D eigenvalue weighted by Crippen LogP contribution is 2.35. The summed E-state index contributed by atoms with van der Waals surface area (Å²) >= 11 is 6.86. The third kappa shape index (κ3) is 2.06. The first-order valence-electron chi connectivity index (χ1n) is 4.35. The molecule has 2 nitrogen and oxygen atoms in total. The van der Waals surface area contributed by atoms with Crippen LogP contribution in [0.15, 0.2) is 45.6 Å². The molecule has 0 amide bonds. The third-order valence-corrected chi connectivity index (χ3v) is 4.03. The maximum Gasteiger partial charge on any atom is 0.120 e. The molecule has 0 saturated heterocycles. The molecule has 76 valence electrons. The largest absolute Gasteiger partial charge is 0.398 e. The van der Waals surface area contributed by atoms with E-state index in [2.05, 4.69) is 36.8 Å². The van der Waals surface area contributed by atoms with Gasteiger partial charge in [-0.3, -0.25) is 0 Å². The lowest BCUT2D eigenvalue weighted by atomic mass is 10.1. The number of hydrogen-bond donors (Lipinski definition) is 1. The lowest BCUT2D eigenvalue weighted by Gasteiger charge is -2.08. The minimum absolute atomic E-state index is 0.760. The van der Waals surface area contributed by atoms with Crippen molar-refractivity contribution >= 4 is 37.5 Å². The lowest BCUT2D eigenvalue weighted by molar-refractivity contribution is 1.26. The monoisotopic (exact) mass is 326 g/mol. The minimum atomic E-state index is 0.760. The number of nitrogens with two attached hydrogens (primary N) is 1. The normalized spacial score (nSPS) is 10.3. The van der Waals surface area contributed by atoms with Gasteiger partial charge in [-0.25, -0.2) is 4.98 Å². The Morgan fingerprint density at radius 1 is 1.00 bits per heavy atom. The molecule has 0 aliphatic rings. The predicted molar refractivity (Wildman–Crippen MR) is 69.5 cm³/mol. The number of aromatic nitrogens is 1. The summed E-state index contributed by atoms with van der Waals surface area (Å²) in [6.07, 6.45) is 1.75. The van der Waals surface area contributed by atoms with Crippen LogP contribution in [-0.2, 0) is 0 Å². The maximum atomic E-state index is 5.91. The fourth-order valence-corrected chi connectivity index (χ4v) is 2.15. The second kappa shape index (κ2) is 4.33. The molecule has 0 aliphatic heterocycles. The van der Waals surface area contributed by atoms with E-state index in [0.29, 0.717) is 0 Å². The van der Waals surface area contributed by atoms with Crippen LogP contribution in [0.3, 0.4) is 0 Å². The van der Waals surface area contributed by atoms with Crippen molar-refractivity contribution in [2.75, 3.05) is 5.73 Å². The topological polar surface area (TPSA) is 38.9 Å². The molecule has 1 aromatic carbocycles. The van der Waals surface area contributed by atoms with Gasteiger partial charge in [-0.05, 0) is 44.0 Å². The Hall–Kier alpha value is -0.870. The van der Waals surface area contributed by atoms with Crippen molar-refractivity contribution in [3.63, 3.8) is 0 Å². The number of pyridine rings is 1. The third-order valence-electron chi connectivity index (χ3n) is 2.10. The Bertz CT molecular complexity index is 498. The van der Waals surface area contributed by atoms with Gasteiger partial charge in [0.25, 0.3) is 0 Å². The van der Waals surface area contributed by atoms with E-state index in [0.717, 1.165) is 25.9 Å². The van der Waals surface area contributed by atoms with E-state index < -0.39 is 0 Å².